The van der Waals surface area contributed by atoms with Crippen molar-refractivity contribution in [2.45, 2.75) is 58.0 Å². The first-order valence-corrected chi connectivity index (χ1v) is 8.86. The van der Waals surface area contributed by atoms with E-state index in [1.165, 1.54) is 25.2 Å². The topological polar surface area (TPSA) is 61.8 Å². The summed E-state index contributed by atoms with van der Waals surface area (Å²) in [6.45, 7) is 7.73. The van der Waals surface area contributed by atoms with Crippen LogP contribution >= 0.6 is 0 Å². The van der Waals surface area contributed by atoms with E-state index in [0.29, 0.717) is 13.2 Å². The van der Waals surface area contributed by atoms with Crippen LogP contribution < -0.4 is 0 Å². The summed E-state index contributed by atoms with van der Waals surface area (Å²) >= 11 is 0. The summed E-state index contributed by atoms with van der Waals surface area (Å²) < 4.78 is 15.6. The number of hydrogen-bond acceptors (Lipinski definition) is 5. The van der Waals surface area contributed by atoms with Gasteiger partial charge < -0.3 is 14.2 Å². The molecule has 0 saturated heterocycles. The predicted molar refractivity (Wildman–Crippen MR) is 97.1 cm³/mol. The molecule has 0 aromatic heterocycles. The van der Waals surface area contributed by atoms with Crippen molar-refractivity contribution >= 4 is 11.9 Å². The minimum absolute atomic E-state index is 0.222. The zero-order valence-corrected chi connectivity index (χ0v) is 15.6. The number of carbonyl (C=O) groups is 2. The normalized spacial score (nSPS) is 16.3. The third kappa shape index (κ3) is 6.16. The third-order valence-electron chi connectivity index (χ3n) is 4.31. The minimum atomic E-state index is -0.616. The number of carbonyl (C=O) groups excluding carboxylic acids is 2. The Hall–Kier alpha value is -1.88. The number of allylic oxidation sites excluding steroid dienone is 2. The minimum Gasteiger partial charge on any atom is -0.466 e. The smallest absolute Gasteiger partial charge is 0.329 e. The second kappa shape index (κ2) is 10.9. The van der Waals surface area contributed by atoms with Gasteiger partial charge in [-0.1, -0.05) is 18.7 Å². The van der Waals surface area contributed by atoms with Crippen molar-refractivity contribution in [3.63, 3.8) is 0 Å². The molecule has 0 unspecified atom stereocenters. The van der Waals surface area contributed by atoms with Crippen LogP contribution in [0.1, 0.15) is 52.4 Å². The molecule has 0 spiro atoms. The highest BCUT2D eigenvalue weighted by Crippen LogP contribution is 2.41. The molecule has 0 radical (unpaired) electrons. The fourth-order valence-corrected chi connectivity index (χ4v) is 3.20. The van der Waals surface area contributed by atoms with Crippen LogP contribution in [0, 0.1) is 0 Å². The first-order valence-electron chi connectivity index (χ1n) is 8.86. The summed E-state index contributed by atoms with van der Waals surface area (Å²) in [5, 5.41) is 0. The Morgan fingerprint density at radius 2 is 1.76 bits per heavy atom. The lowest BCUT2D eigenvalue weighted by molar-refractivity contribution is -0.155. The lowest BCUT2D eigenvalue weighted by atomic mass is 9.84. The molecular weight excluding hydrogens is 320 g/mol. The van der Waals surface area contributed by atoms with Crippen molar-refractivity contribution < 1.29 is 23.8 Å². The number of ether oxygens (including phenoxy) is 3. The van der Waals surface area contributed by atoms with Gasteiger partial charge in [0.25, 0.3) is 0 Å². The molecule has 0 bridgehead atoms. The van der Waals surface area contributed by atoms with Gasteiger partial charge in [-0.2, -0.15) is 0 Å². The molecule has 5 heteroatoms. The summed E-state index contributed by atoms with van der Waals surface area (Å²) in [5.41, 5.74) is 1.86. The van der Waals surface area contributed by atoms with Crippen molar-refractivity contribution in [2.24, 2.45) is 0 Å². The van der Waals surface area contributed by atoms with Crippen molar-refractivity contribution in [1.82, 2.24) is 0 Å². The molecule has 0 heterocycles. The van der Waals surface area contributed by atoms with Gasteiger partial charge in [-0.15, -0.1) is 0 Å². The van der Waals surface area contributed by atoms with E-state index in [-0.39, 0.29) is 5.97 Å². The lowest BCUT2D eigenvalue weighted by Gasteiger charge is -2.36. The van der Waals surface area contributed by atoms with E-state index in [0.717, 1.165) is 44.6 Å². The van der Waals surface area contributed by atoms with Gasteiger partial charge in [0.2, 0.25) is 0 Å². The van der Waals surface area contributed by atoms with Gasteiger partial charge in [0.05, 0.1) is 13.7 Å². The number of methoxy groups -OCH3 is 1. The average Bonchev–Trinajstić information content (AvgIpc) is 3.32. The second-order valence-corrected chi connectivity index (χ2v) is 6.03. The molecule has 25 heavy (non-hydrogen) atoms. The molecule has 0 aromatic carbocycles. The Morgan fingerprint density at radius 1 is 1.20 bits per heavy atom. The summed E-state index contributed by atoms with van der Waals surface area (Å²) in [7, 11) is 1.31. The molecule has 0 aliphatic heterocycles. The van der Waals surface area contributed by atoms with Crippen molar-refractivity contribution in [3.8, 4) is 0 Å². The quantitative estimate of drug-likeness (QED) is 0.396. The van der Waals surface area contributed by atoms with Crippen LogP contribution in [0.2, 0.25) is 0 Å². The zero-order valence-electron chi connectivity index (χ0n) is 15.6. The van der Waals surface area contributed by atoms with Crippen molar-refractivity contribution in [2.75, 3.05) is 20.3 Å². The highest BCUT2D eigenvalue weighted by atomic mass is 16.6. The van der Waals surface area contributed by atoms with E-state index < -0.39 is 11.6 Å². The van der Waals surface area contributed by atoms with Crippen molar-refractivity contribution in [1.29, 1.82) is 0 Å². The molecule has 140 valence electrons. The molecular formula is C20H30O5. The molecule has 0 amide bonds. The Morgan fingerprint density at radius 3 is 2.04 bits per heavy atom. The highest BCUT2D eigenvalue weighted by molar-refractivity contribution is 5.80. The van der Waals surface area contributed by atoms with Crippen LogP contribution in [-0.2, 0) is 23.8 Å². The largest absolute Gasteiger partial charge is 0.466 e. The zero-order chi connectivity index (χ0) is 18.7. The van der Waals surface area contributed by atoms with Crippen molar-refractivity contribution in [3.05, 3.63) is 36.0 Å². The van der Waals surface area contributed by atoms with Gasteiger partial charge in [0.1, 0.15) is 0 Å². The molecule has 0 fully saturated rings. The van der Waals surface area contributed by atoms with Gasteiger partial charge in [0.15, 0.2) is 5.60 Å². The van der Waals surface area contributed by atoms with Gasteiger partial charge >= 0.3 is 11.9 Å². The Labute approximate surface area is 150 Å². The predicted octanol–water partition coefficient (Wildman–Crippen LogP) is 3.89. The summed E-state index contributed by atoms with van der Waals surface area (Å²) in [6.07, 6.45) is 12.1. The van der Waals surface area contributed by atoms with Crippen LogP contribution in [-0.4, -0.2) is 37.9 Å². The molecule has 5 nitrogen and oxygen atoms in total. The lowest BCUT2D eigenvalue weighted by Crippen LogP contribution is -2.43. The number of hydrogen-bond donors (Lipinski definition) is 0. The Balaban J connectivity index is 0.000000450. The first kappa shape index (κ1) is 21.2. The van der Waals surface area contributed by atoms with Gasteiger partial charge in [0, 0.05) is 19.6 Å². The molecule has 0 atom stereocenters. The van der Waals surface area contributed by atoms with E-state index in [1.807, 2.05) is 6.92 Å². The number of esters is 2. The van der Waals surface area contributed by atoms with Crippen LogP contribution in [0.25, 0.3) is 0 Å². The van der Waals surface area contributed by atoms with E-state index in [9.17, 15) is 9.59 Å². The summed E-state index contributed by atoms with van der Waals surface area (Å²) in [4.78, 5) is 21.4. The molecule has 2 aliphatic rings. The maximum atomic E-state index is 11.6. The van der Waals surface area contributed by atoms with Gasteiger partial charge in [-0.05, 0) is 56.6 Å². The Bertz CT molecular complexity index is 506. The van der Waals surface area contributed by atoms with E-state index >= 15 is 0 Å². The standard InChI is InChI=1S/C16H24O3.C4H6O2/c1-3-18-12-16(19-13(2)17,14-8-4-5-9-14)15-10-6-7-11-15;1-3-4(5)6-2/h8,10H,3-7,9,11-12H2,1-2H3;3H,1H2,2H3. The molecule has 0 aromatic rings. The van der Waals surface area contributed by atoms with Crippen LogP contribution in [0.5, 0.6) is 0 Å². The van der Waals surface area contributed by atoms with Crippen LogP contribution in [0.15, 0.2) is 36.0 Å². The van der Waals surface area contributed by atoms with Crippen LogP contribution in [0.4, 0.5) is 0 Å². The molecule has 2 aliphatic carbocycles. The number of rotatable bonds is 7. The fourth-order valence-electron chi connectivity index (χ4n) is 3.20. The second-order valence-electron chi connectivity index (χ2n) is 6.03. The molecule has 0 saturated carbocycles. The Kier molecular flexibility index (Phi) is 9.21. The average molecular weight is 350 g/mol. The van der Waals surface area contributed by atoms with E-state index in [4.69, 9.17) is 9.47 Å². The van der Waals surface area contributed by atoms with E-state index in [2.05, 4.69) is 23.5 Å². The summed E-state index contributed by atoms with van der Waals surface area (Å²) in [5.74, 6) is -0.615. The maximum Gasteiger partial charge on any atom is 0.329 e. The molecule has 2 rings (SSSR count). The van der Waals surface area contributed by atoms with E-state index in [1.54, 1.807) is 0 Å². The first-order chi connectivity index (χ1) is 12.0. The summed E-state index contributed by atoms with van der Waals surface area (Å²) in [6, 6.07) is 0. The van der Waals surface area contributed by atoms with Crippen LogP contribution in [0.3, 0.4) is 0 Å². The van der Waals surface area contributed by atoms with Gasteiger partial charge in [-0.3, -0.25) is 4.79 Å². The monoisotopic (exact) mass is 350 g/mol. The highest BCUT2D eigenvalue weighted by Gasteiger charge is 2.42. The maximum absolute atomic E-state index is 11.6. The third-order valence-corrected chi connectivity index (χ3v) is 4.31. The SMILES string of the molecule is C=CC(=O)OC.CCOCC(OC(C)=O)(C1=CCCC1)C1=CCCC1. The molecule has 0 N–H and O–H groups in total. The fraction of sp³-hybridized carbons (Fsp3) is 0.600. The van der Waals surface area contributed by atoms with Gasteiger partial charge in [-0.25, -0.2) is 4.79 Å².